The molecule has 0 radical (unpaired) electrons. The highest BCUT2D eigenvalue weighted by atomic mass is 35.5. The Morgan fingerprint density at radius 3 is 2.40 bits per heavy atom. The second kappa shape index (κ2) is 4.99. The summed E-state index contributed by atoms with van der Waals surface area (Å²) in [5.41, 5.74) is 0. The van der Waals surface area contributed by atoms with Crippen molar-refractivity contribution in [1.29, 1.82) is 0 Å². The predicted octanol–water partition coefficient (Wildman–Crippen LogP) is 1.91. The first-order chi connectivity index (χ1) is 6.93. The molecule has 1 heterocycles. The van der Waals surface area contributed by atoms with Gasteiger partial charge in [0.1, 0.15) is 0 Å². The highest BCUT2D eigenvalue weighted by molar-refractivity contribution is 6.29. The van der Waals surface area contributed by atoms with Crippen LogP contribution < -0.4 is 5.32 Å². The minimum atomic E-state index is -0.0870. The van der Waals surface area contributed by atoms with Crippen LogP contribution in [0.1, 0.15) is 20.8 Å². The average molecular weight is 232 g/mol. The zero-order valence-electron chi connectivity index (χ0n) is 9.42. The molecule has 1 N–H and O–H groups in total. The maximum Gasteiger partial charge on any atom is 0.226 e. The van der Waals surface area contributed by atoms with Gasteiger partial charge in [-0.1, -0.05) is 25.1 Å². The van der Waals surface area contributed by atoms with E-state index in [2.05, 4.69) is 11.9 Å². The fraction of sp³-hybridized carbons (Fsp3) is 0.727. The first-order valence-electron chi connectivity index (χ1n) is 5.20. The van der Waals surface area contributed by atoms with Crippen molar-refractivity contribution in [2.45, 2.75) is 33.0 Å². The Morgan fingerprint density at radius 1 is 1.40 bits per heavy atom. The molecule has 15 heavy (non-hydrogen) atoms. The van der Waals surface area contributed by atoms with Crippen LogP contribution in [0.3, 0.4) is 0 Å². The molecule has 3 nitrogen and oxygen atoms in total. The largest absolute Gasteiger partial charge is 0.374 e. The van der Waals surface area contributed by atoms with Crippen molar-refractivity contribution < 1.29 is 9.53 Å². The molecule has 0 spiro atoms. The third-order valence-electron chi connectivity index (χ3n) is 3.00. The second-order valence-corrected chi connectivity index (χ2v) is 4.70. The van der Waals surface area contributed by atoms with E-state index >= 15 is 0 Å². The Bertz CT molecular complexity index is 267. The Balaban J connectivity index is 2.55. The van der Waals surface area contributed by atoms with Crippen LogP contribution in [0.25, 0.3) is 0 Å². The number of hydrogen-bond donors (Lipinski definition) is 1. The number of halogens is 1. The van der Waals surface area contributed by atoms with Crippen molar-refractivity contribution in [1.82, 2.24) is 5.32 Å². The van der Waals surface area contributed by atoms with Gasteiger partial charge in [-0.15, -0.1) is 0 Å². The van der Waals surface area contributed by atoms with E-state index in [-0.39, 0.29) is 30.0 Å². The van der Waals surface area contributed by atoms with E-state index in [9.17, 15) is 4.79 Å². The van der Waals surface area contributed by atoms with Gasteiger partial charge in [-0.2, -0.15) is 0 Å². The Kier molecular flexibility index (Phi) is 4.17. The lowest BCUT2D eigenvalue weighted by atomic mass is 9.89. The highest BCUT2D eigenvalue weighted by Crippen LogP contribution is 2.32. The van der Waals surface area contributed by atoms with Crippen molar-refractivity contribution in [3.05, 3.63) is 11.6 Å². The molecule has 0 aliphatic carbocycles. The van der Waals surface area contributed by atoms with Crippen LogP contribution >= 0.6 is 11.6 Å². The molecule has 86 valence electrons. The minimum absolute atomic E-state index is 0.00106. The van der Waals surface area contributed by atoms with Crippen LogP contribution in [0.15, 0.2) is 11.6 Å². The summed E-state index contributed by atoms with van der Waals surface area (Å²) in [6, 6.07) is 0. The van der Waals surface area contributed by atoms with Gasteiger partial charge in [-0.25, -0.2) is 0 Å². The maximum absolute atomic E-state index is 11.8. The first kappa shape index (κ1) is 12.5. The van der Waals surface area contributed by atoms with E-state index in [1.54, 1.807) is 0 Å². The molecule has 4 atom stereocenters. The van der Waals surface area contributed by atoms with E-state index in [4.69, 9.17) is 16.3 Å². The van der Waals surface area contributed by atoms with Gasteiger partial charge in [-0.3, -0.25) is 4.79 Å². The Labute approximate surface area is 95.8 Å². The van der Waals surface area contributed by atoms with Gasteiger partial charge in [0.15, 0.2) is 0 Å². The molecule has 1 aliphatic heterocycles. The predicted molar refractivity (Wildman–Crippen MR) is 60.7 cm³/mol. The van der Waals surface area contributed by atoms with Gasteiger partial charge >= 0.3 is 0 Å². The molecule has 0 aromatic rings. The van der Waals surface area contributed by atoms with E-state index in [1.807, 2.05) is 20.8 Å². The van der Waals surface area contributed by atoms with Gasteiger partial charge in [-0.05, 0) is 19.8 Å². The smallest absolute Gasteiger partial charge is 0.226 e. The summed E-state index contributed by atoms with van der Waals surface area (Å²) < 4.78 is 5.60. The third-order valence-corrected chi connectivity index (χ3v) is 3.13. The SMILES string of the molecule is C=C(Cl)CNC(=O)C1C(C)OC(C)C1C. The number of nitrogens with one attached hydrogen (secondary N) is 1. The molecule has 1 fully saturated rings. The summed E-state index contributed by atoms with van der Waals surface area (Å²) >= 11 is 5.59. The lowest BCUT2D eigenvalue weighted by molar-refractivity contribution is -0.126. The number of carbonyl (C=O) groups excluding carboxylic acids is 1. The Hall–Kier alpha value is -0.540. The summed E-state index contributed by atoms with van der Waals surface area (Å²) in [4.78, 5) is 11.8. The third kappa shape index (κ3) is 2.95. The summed E-state index contributed by atoms with van der Waals surface area (Å²) in [6.07, 6.45) is 0.105. The summed E-state index contributed by atoms with van der Waals surface area (Å²) in [5.74, 6) is 0.153. The molecule has 1 aliphatic rings. The highest BCUT2D eigenvalue weighted by Gasteiger charge is 2.41. The quantitative estimate of drug-likeness (QED) is 0.806. The summed E-state index contributed by atoms with van der Waals surface area (Å²) in [5, 5.41) is 3.20. The fourth-order valence-electron chi connectivity index (χ4n) is 2.02. The van der Waals surface area contributed by atoms with Crippen LogP contribution in [0.4, 0.5) is 0 Å². The number of hydrogen-bond acceptors (Lipinski definition) is 2. The van der Waals surface area contributed by atoms with E-state index in [1.165, 1.54) is 0 Å². The molecule has 4 unspecified atom stereocenters. The van der Waals surface area contributed by atoms with Crippen molar-refractivity contribution in [2.24, 2.45) is 11.8 Å². The zero-order valence-corrected chi connectivity index (χ0v) is 10.2. The summed E-state index contributed by atoms with van der Waals surface area (Å²) in [7, 11) is 0. The number of rotatable bonds is 3. The molecule has 0 aromatic heterocycles. The minimum Gasteiger partial charge on any atom is -0.374 e. The molecular weight excluding hydrogens is 214 g/mol. The lowest BCUT2D eigenvalue weighted by Crippen LogP contribution is -2.37. The molecular formula is C11H18ClNO2. The summed E-state index contributed by atoms with van der Waals surface area (Å²) in [6.45, 7) is 9.81. The molecule has 0 bridgehead atoms. The molecule has 1 saturated heterocycles. The van der Waals surface area contributed by atoms with Crippen LogP contribution in [0.5, 0.6) is 0 Å². The fourth-order valence-corrected chi connectivity index (χ4v) is 2.09. The molecule has 0 saturated carbocycles. The molecule has 0 aromatic carbocycles. The van der Waals surface area contributed by atoms with Crippen molar-refractivity contribution in [3.8, 4) is 0 Å². The number of amides is 1. The van der Waals surface area contributed by atoms with Gasteiger partial charge in [0.2, 0.25) is 5.91 Å². The topological polar surface area (TPSA) is 38.3 Å². The monoisotopic (exact) mass is 231 g/mol. The van der Waals surface area contributed by atoms with Crippen molar-refractivity contribution in [2.75, 3.05) is 6.54 Å². The van der Waals surface area contributed by atoms with Crippen LogP contribution in [-0.4, -0.2) is 24.7 Å². The molecule has 1 rings (SSSR count). The van der Waals surface area contributed by atoms with E-state index in [0.29, 0.717) is 11.6 Å². The van der Waals surface area contributed by atoms with E-state index < -0.39 is 0 Å². The van der Waals surface area contributed by atoms with Gasteiger partial charge in [0.05, 0.1) is 24.7 Å². The standard InChI is InChI=1S/C11H18ClNO2/c1-6(12)5-13-11(14)10-7(2)8(3)15-9(10)4/h7-10H,1,5H2,2-4H3,(H,13,14). The normalized spacial score (nSPS) is 35.2. The number of carbonyl (C=O) groups is 1. The first-order valence-corrected chi connectivity index (χ1v) is 5.57. The maximum atomic E-state index is 11.8. The Morgan fingerprint density at radius 2 is 2.00 bits per heavy atom. The van der Waals surface area contributed by atoms with Gasteiger partial charge < -0.3 is 10.1 Å². The van der Waals surface area contributed by atoms with Gasteiger partial charge in [0, 0.05) is 5.03 Å². The lowest BCUT2D eigenvalue weighted by Gasteiger charge is -2.17. The molecule has 4 heteroatoms. The van der Waals surface area contributed by atoms with Crippen molar-refractivity contribution in [3.63, 3.8) is 0 Å². The number of ether oxygens (including phenoxy) is 1. The van der Waals surface area contributed by atoms with Crippen LogP contribution in [0.2, 0.25) is 0 Å². The van der Waals surface area contributed by atoms with E-state index in [0.717, 1.165) is 0 Å². The average Bonchev–Trinajstić information content (AvgIpc) is 2.37. The van der Waals surface area contributed by atoms with Gasteiger partial charge in [0.25, 0.3) is 0 Å². The van der Waals surface area contributed by atoms with Crippen molar-refractivity contribution >= 4 is 17.5 Å². The molecule has 1 amide bonds. The second-order valence-electron chi connectivity index (χ2n) is 4.17. The van der Waals surface area contributed by atoms with Crippen LogP contribution in [0, 0.1) is 11.8 Å². The zero-order chi connectivity index (χ0) is 11.6. The van der Waals surface area contributed by atoms with Crippen LogP contribution in [-0.2, 0) is 9.53 Å².